The van der Waals surface area contributed by atoms with Gasteiger partial charge in [-0.3, -0.25) is 4.79 Å². The zero-order valence-electron chi connectivity index (χ0n) is 12.2. The summed E-state index contributed by atoms with van der Waals surface area (Å²) >= 11 is 0. The molecule has 102 valence electrons. The Labute approximate surface area is 116 Å². The zero-order valence-corrected chi connectivity index (χ0v) is 12.2. The van der Waals surface area contributed by atoms with Crippen LogP contribution >= 0.6 is 0 Å². The largest absolute Gasteiger partial charge is 0.340 e. The first-order valence-corrected chi connectivity index (χ1v) is 6.76. The molecule has 2 atom stereocenters. The molecule has 0 saturated carbocycles. The SMILES string of the molecule is C#CC(C)(C)NC(=O)C(c1ccccc1)C(C)CC. The van der Waals surface area contributed by atoms with E-state index in [0.717, 1.165) is 12.0 Å². The summed E-state index contributed by atoms with van der Waals surface area (Å²) in [5, 5.41) is 2.94. The van der Waals surface area contributed by atoms with Gasteiger partial charge in [-0.05, 0) is 25.3 Å². The molecule has 0 saturated heterocycles. The highest BCUT2D eigenvalue weighted by Gasteiger charge is 2.29. The second-order valence-corrected chi connectivity index (χ2v) is 5.53. The van der Waals surface area contributed by atoms with Crippen molar-refractivity contribution in [2.45, 2.75) is 45.6 Å². The molecule has 1 amide bonds. The van der Waals surface area contributed by atoms with E-state index in [0.29, 0.717) is 0 Å². The van der Waals surface area contributed by atoms with Crippen LogP contribution in [0.25, 0.3) is 0 Å². The number of nitrogens with one attached hydrogen (secondary N) is 1. The lowest BCUT2D eigenvalue weighted by Crippen LogP contribution is -2.45. The topological polar surface area (TPSA) is 29.1 Å². The van der Waals surface area contributed by atoms with Crippen LogP contribution in [0.1, 0.15) is 45.6 Å². The summed E-state index contributed by atoms with van der Waals surface area (Å²) in [7, 11) is 0. The average Bonchev–Trinajstić information content (AvgIpc) is 2.39. The number of terminal acetylenes is 1. The molecule has 0 aliphatic rings. The Morgan fingerprint density at radius 1 is 1.37 bits per heavy atom. The van der Waals surface area contributed by atoms with Gasteiger partial charge in [-0.2, -0.15) is 0 Å². The molecule has 2 nitrogen and oxygen atoms in total. The second kappa shape index (κ2) is 6.43. The molecule has 0 spiro atoms. The summed E-state index contributed by atoms with van der Waals surface area (Å²) in [6.45, 7) is 7.87. The molecule has 0 heterocycles. The monoisotopic (exact) mass is 257 g/mol. The van der Waals surface area contributed by atoms with Crippen molar-refractivity contribution in [2.24, 2.45) is 5.92 Å². The van der Waals surface area contributed by atoms with Crippen molar-refractivity contribution < 1.29 is 4.79 Å². The van der Waals surface area contributed by atoms with E-state index in [1.165, 1.54) is 0 Å². The Morgan fingerprint density at radius 2 is 1.95 bits per heavy atom. The van der Waals surface area contributed by atoms with Crippen molar-refractivity contribution in [3.05, 3.63) is 35.9 Å². The standard InChI is InChI=1S/C17H23NO/c1-6-13(3)15(14-11-9-8-10-12-14)16(19)18-17(4,5)7-2/h2,8-13,15H,6H2,1,3-5H3,(H,18,19). The molecule has 1 rings (SSSR count). The maximum Gasteiger partial charge on any atom is 0.228 e. The highest BCUT2D eigenvalue weighted by atomic mass is 16.2. The number of benzene rings is 1. The van der Waals surface area contributed by atoms with Gasteiger partial charge in [0.25, 0.3) is 0 Å². The second-order valence-electron chi connectivity index (χ2n) is 5.53. The Kier molecular flexibility index (Phi) is 5.18. The molecule has 1 N–H and O–H groups in total. The average molecular weight is 257 g/mol. The fourth-order valence-corrected chi connectivity index (χ4v) is 2.06. The molecule has 1 aromatic carbocycles. The minimum Gasteiger partial charge on any atom is -0.340 e. The van der Waals surface area contributed by atoms with E-state index in [2.05, 4.69) is 25.1 Å². The van der Waals surface area contributed by atoms with Crippen LogP contribution in [0.4, 0.5) is 0 Å². The zero-order chi connectivity index (χ0) is 14.5. The van der Waals surface area contributed by atoms with Crippen molar-refractivity contribution >= 4 is 5.91 Å². The smallest absolute Gasteiger partial charge is 0.228 e. The van der Waals surface area contributed by atoms with E-state index in [4.69, 9.17) is 6.42 Å². The summed E-state index contributed by atoms with van der Waals surface area (Å²) in [6.07, 6.45) is 6.39. The van der Waals surface area contributed by atoms with Crippen LogP contribution in [0.15, 0.2) is 30.3 Å². The predicted molar refractivity (Wildman–Crippen MR) is 79.7 cm³/mol. The highest BCUT2D eigenvalue weighted by molar-refractivity contribution is 5.85. The minimum atomic E-state index is -0.614. The normalized spacial score (nSPS) is 14.3. The van der Waals surface area contributed by atoms with Gasteiger partial charge in [-0.25, -0.2) is 0 Å². The Hall–Kier alpha value is -1.75. The Morgan fingerprint density at radius 3 is 2.42 bits per heavy atom. The number of amides is 1. The number of carbonyl (C=O) groups is 1. The first-order valence-electron chi connectivity index (χ1n) is 6.76. The van der Waals surface area contributed by atoms with Gasteiger partial charge in [0.15, 0.2) is 0 Å². The molecule has 2 heteroatoms. The minimum absolute atomic E-state index is 0.00324. The van der Waals surface area contributed by atoms with Crippen LogP contribution in [-0.2, 0) is 4.79 Å². The summed E-state index contributed by atoms with van der Waals surface area (Å²) in [5.41, 5.74) is 0.430. The number of rotatable bonds is 5. The van der Waals surface area contributed by atoms with Gasteiger partial charge >= 0.3 is 0 Å². The fraction of sp³-hybridized carbons (Fsp3) is 0.471. The molecule has 2 unspecified atom stereocenters. The third-order valence-electron chi connectivity index (χ3n) is 3.45. The van der Waals surface area contributed by atoms with Gasteiger partial charge in [-0.15, -0.1) is 6.42 Å². The third-order valence-corrected chi connectivity index (χ3v) is 3.45. The molecular weight excluding hydrogens is 234 g/mol. The van der Waals surface area contributed by atoms with Crippen molar-refractivity contribution in [1.29, 1.82) is 0 Å². The van der Waals surface area contributed by atoms with E-state index in [1.807, 2.05) is 44.2 Å². The molecule has 0 aromatic heterocycles. The Balaban J connectivity index is 3.00. The third kappa shape index (κ3) is 4.13. The van der Waals surface area contributed by atoms with Crippen LogP contribution in [0.3, 0.4) is 0 Å². The van der Waals surface area contributed by atoms with E-state index in [9.17, 15) is 4.79 Å². The van der Waals surface area contributed by atoms with Gasteiger partial charge < -0.3 is 5.32 Å². The van der Waals surface area contributed by atoms with Crippen molar-refractivity contribution in [1.82, 2.24) is 5.32 Å². The van der Waals surface area contributed by atoms with E-state index >= 15 is 0 Å². The molecule has 0 aliphatic carbocycles. The van der Waals surface area contributed by atoms with Crippen LogP contribution in [-0.4, -0.2) is 11.4 Å². The first-order chi connectivity index (χ1) is 8.91. The van der Waals surface area contributed by atoms with Gasteiger partial charge in [-0.1, -0.05) is 56.5 Å². The summed E-state index contributed by atoms with van der Waals surface area (Å²) in [6, 6.07) is 9.88. The lowest BCUT2D eigenvalue weighted by atomic mass is 9.84. The highest BCUT2D eigenvalue weighted by Crippen LogP contribution is 2.27. The number of carbonyl (C=O) groups excluding carboxylic acids is 1. The van der Waals surface area contributed by atoms with Crippen LogP contribution in [0.5, 0.6) is 0 Å². The van der Waals surface area contributed by atoms with Gasteiger partial charge in [0, 0.05) is 0 Å². The quantitative estimate of drug-likeness (QED) is 0.805. The lowest BCUT2D eigenvalue weighted by Gasteiger charge is -2.27. The number of hydrogen-bond donors (Lipinski definition) is 1. The van der Waals surface area contributed by atoms with Gasteiger partial charge in [0.05, 0.1) is 11.5 Å². The summed E-state index contributed by atoms with van der Waals surface area (Å²) < 4.78 is 0. The van der Waals surface area contributed by atoms with Crippen molar-refractivity contribution in [3.8, 4) is 12.3 Å². The molecule has 0 aliphatic heterocycles. The van der Waals surface area contributed by atoms with E-state index in [-0.39, 0.29) is 17.7 Å². The maximum absolute atomic E-state index is 12.5. The van der Waals surface area contributed by atoms with Crippen LogP contribution < -0.4 is 5.32 Å². The summed E-state index contributed by atoms with van der Waals surface area (Å²) in [5.74, 6) is 2.73. The molecular formula is C17H23NO. The van der Waals surface area contributed by atoms with Crippen molar-refractivity contribution in [2.75, 3.05) is 0 Å². The molecule has 0 fully saturated rings. The van der Waals surface area contributed by atoms with Gasteiger partial charge in [0.1, 0.15) is 0 Å². The molecule has 1 aromatic rings. The molecule has 0 radical (unpaired) electrons. The number of hydrogen-bond acceptors (Lipinski definition) is 1. The molecule has 0 bridgehead atoms. The predicted octanol–water partition coefficient (Wildman–Crippen LogP) is 3.34. The first kappa shape index (κ1) is 15.3. The Bertz CT molecular complexity index is 456. The fourth-order valence-electron chi connectivity index (χ4n) is 2.06. The maximum atomic E-state index is 12.5. The van der Waals surface area contributed by atoms with E-state index < -0.39 is 5.54 Å². The summed E-state index contributed by atoms with van der Waals surface area (Å²) in [4.78, 5) is 12.5. The van der Waals surface area contributed by atoms with Crippen LogP contribution in [0, 0.1) is 18.3 Å². The molecule has 19 heavy (non-hydrogen) atoms. The lowest BCUT2D eigenvalue weighted by molar-refractivity contribution is -0.124. The van der Waals surface area contributed by atoms with Gasteiger partial charge in [0.2, 0.25) is 5.91 Å². The van der Waals surface area contributed by atoms with Crippen molar-refractivity contribution in [3.63, 3.8) is 0 Å². The van der Waals surface area contributed by atoms with Crippen LogP contribution in [0.2, 0.25) is 0 Å². The van der Waals surface area contributed by atoms with E-state index in [1.54, 1.807) is 0 Å².